The van der Waals surface area contributed by atoms with Gasteiger partial charge in [-0.25, -0.2) is 0 Å². The first-order valence-corrected chi connectivity index (χ1v) is 7.70. The lowest BCUT2D eigenvalue weighted by Gasteiger charge is -2.32. The normalized spacial score (nSPS) is 28.9. The van der Waals surface area contributed by atoms with Crippen LogP contribution >= 0.6 is 0 Å². The van der Waals surface area contributed by atoms with Gasteiger partial charge in [-0.05, 0) is 30.9 Å². The molecule has 0 N–H and O–H groups in total. The van der Waals surface area contributed by atoms with Gasteiger partial charge in [0.25, 0.3) is 0 Å². The van der Waals surface area contributed by atoms with Crippen molar-refractivity contribution < 1.29 is 14.3 Å². The fourth-order valence-electron chi connectivity index (χ4n) is 3.34. The van der Waals surface area contributed by atoms with Crippen LogP contribution in [-0.4, -0.2) is 18.5 Å². The Morgan fingerprint density at radius 3 is 2.85 bits per heavy atom. The summed E-state index contributed by atoms with van der Waals surface area (Å²) in [7, 11) is 0. The van der Waals surface area contributed by atoms with E-state index in [9.17, 15) is 4.79 Å². The van der Waals surface area contributed by atoms with Gasteiger partial charge < -0.3 is 9.47 Å². The molecule has 1 saturated carbocycles. The molecule has 108 valence electrons. The van der Waals surface area contributed by atoms with Crippen LogP contribution in [-0.2, 0) is 4.79 Å². The van der Waals surface area contributed by atoms with Gasteiger partial charge in [-0.2, -0.15) is 0 Å². The monoisotopic (exact) mass is 274 g/mol. The summed E-state index contributed by atoms with van der Waals surface area (Å²) in [5, 5.41) is 0. The van der Waals surface area contributed by atoms with Crippen molar-refractivity contribution in [1.82, 2.24) is 0 Å². The van der Waals surface area contributed by atoms with E-state index in [1.807, 2.05) is 24.3 Å². The van der Waals surface area contributed by atoms with Crippen LogP contribution in [0.3, 0.4) is 0 Å². The molecule has 2 aliphatic rings. The number of para-hydroxylation sites is 2. The highest BCUT2D eigenvalue weighted by molar-refractivity contribution is 5.86. The Morgan fingerprint density at radius 1 is 1.25 bits per heavy atom. The van der Waals surface area contributed by atoms with Gasteiger partial charge in [-0.3, -0.25) is 4.79 Å². The molecule has 0 radical (unpaired) electrons. The number of carbonyl (C=O) groups is 1. The topological polar surface area (TPSA) is 35.5 Å². The summed E-state index contributed by atoms with van der Waals surface area (Å²) in [4.78, 5) is 12.6. The number of hydrogen-bond donors (Lipinski definition) is 0. The van der Waals surface area contributed by atoms with Crippen LogP contribution in [0.5, 0.6) is 11.5 Å². The van der Waals surface area contributed by atoms with E-state index in [2.05, 4.69) is 6.92 Å². The molecule has 0 aromatic heterocycles. The predicted molar refractivity (Wildman–Crippen MR) is 77.1 cm³/mol. The van der Waals surface area contributed by atoms with Crippen molar-refractivity contribution in [3.05, 3.63) is 24.3 Å². The summed E-state index contributed by atoms with van der Waals surface area (Å²) in [6.45, 7) is 2.57. The molecule has 3 atom stereocenters. The zero-order valence-electron chi connectivity index (χ0n) is 12.0. The number of rotatable bonds is 3. The molecule has 1 fully saturated rings. The minimum absolute atomic E-state index is 0.160. The van der Waals surface area contributed by atoms with E-state index in [1.54, 1.807) is 0 Å². The molecule has 3 unspecified atom stereocenters. The van der Waals surface area contributed by atoms with E-state index in [1.165, 1.54) is 19.3 Å². The number of benzene rings is 1. The van der Waals surface area contributed by atoms with Crippen LogP contribution in [0, 0.1) is 11.8 Å². The number of fused-ring (bicyclic) bond motifs is 1. The van der Waals surface area contributed by atoms with Gasteiger partial charge in [0.05, 0.1) is 0 Å². The van der Waals surface area contributed by atoms with Crippen molar-refractivity contribution in [2.75, 3.05) is 6.61 Å². The first kappa shape index (κ1) is 13.5. The maximum atomic E-state index is 12.6. The Labute approximate surface area is 120 Å². The molecule has 1 aliphatic heterocycles. The van der Waals surface area contributed by atoms with Crippen molar-refractivity contribution in [2.45, 2.75) is 45.1 Å². The molecule has 3 heteroatoms. The second kappa shape index (κ2) is 5.86. The first-order valence-electron chi connectivity index (χ1n) is 7.70. The van der Waals surface area contributed by atoms with E-state index in [0.717, 1.165) is 18.6 Å². The predicted octanol–water partition coefficient (Wildman–Crippen LogP) is 3.61. The summed E-state index contributed by atoms with van der Waals surface area (Å²) in [6, 6.07) is 7.56. The van der Waals surface area contributed by atoms with E-state index in [0.29, 0.717) is 18.3 Å². The minimum Gasteiger partial charge on any atom is -0.485 e. The summed E-state index contributed by atoms with van der Waals surface area (Å²) in [6.07, 6.45) is 5.22. The number of Topliss-reactive ketones (excluding diaryl/α,β-unsaturated/α-hetero) is 1. The lowest BCUT2D eigenvalue weighted by atomic mass is 9.77. The van der Waals surface area contributed by atoms with Crippen molar-refractivity contribution >= 4 is 5.78 Å². The molecule has 0 bridgehead atoms. The average molecular weight is 274 g/mol. The molecule has 0 saturated heterocycles. The van der Waals surface area contributed by atoms with Crippen molar-refractivity contribution in [3.8, 4) is 11.5 Å². The van der Waals surface area contributed by atoms with Gasteiger partial charge in [0.15, 0.2) is 23.4 Å². The Morgan fingerprint density at radius 2 is 2.05 bits per heavy atom. The van der Waals surface area contributed by atoms with Gasteiger partial charge in [0.2, 0.25) is 0 Å². The second-order valence-electron chi connectivity index (χ2n) is 5.90. The SMILES string of the molecule is CCC1CCCC(C(=O)C2COc3ccccc3O2)C1. The summed E-state index contributed by atoms with van der Waals surface area (Å²) in [5.41, 5.74) is 0. The number of carbonyl (C=O) groups excluding carboxylic acids is 1. The fourth-order valence-corrected chi connectivity index (χ4v) is 3.34. The van der Waals surface area contributed by atoms with Crippen LogP contribution in [0.1, 0.15) is 39.0 Å². The smallest absolute Gasteiger partial charge is 0.191 e. The van der Waals surface area contributed by atoms with E-state index in [-0.39, 0.29) is 11.7 Å². The van der Waals surface area contributed by atoms with Gasteiger partial charge in [0.1, 0.15) is 6.61 Å². The summed E-state index contributed by atoms with van der Waals surface area (Å²) < 4.78 is 11.5. The maximum absolute atomic E-state index is 12.6. The zero-order chi connectivity index (χ0) is 13.9. The Bertz CT molecular complexity index is 483. The minimum atomic E-state index is -0.425. The lowest BCUT2D eigenvalue weighted by molar-refractivity contribution is -0.133. The number of hydrogen-bond acceptors (Lipinski definition) is 3. The third kappa shape index (κ3) is 2.67. The number of ether oxygens (including phenoxy) is 2. The maximum Gasteiger partial charge on any atom is 0.191 e. The van der Waals surface area contributed by atoms with E-state index < -0.39 is 6.10 Å². The molecule has 1 aliphatic carbocycles. The molecule has 3 rings (SSSR count). The third-order valence-electron chi connectivity index (χ3n) is 4.59. The molecule has 1 aromatic rings. The molecule has 1 heterocycles. The van der Waals surface area contributed by atoms with E-state index >= 15 is 0 Å². The van der Waals surface area contributed by atoms with Crippen molar-refractivity contribution in [2.24, 2.45) is 11.8 Å². The second-order valence-corrected chi connectivity index (χ2v) is 5.90. The van der Waals surface area contributed by atoms with Crippen LogP contribution in [0.4, 0.5) is 0 Å². The van der Waals surface area contributed by atoms with Crippen molar-refractivity contribution in [1.29, 1.82) is 0 Å². The highest BCUT2D eigenvalue weighted by Crippen LogP contribution is 2.35. The first-order chi connectivity index (χ1) is 9.78. The Hall–Kier alpha value is -1.51. The number of ketones is 1. The quantitative estimate of drug-likeness (QED) is 0.844. The van der Waals surface area contributed by atoms with Crippen LogP contribution < -0.4 is 9.47 Å². The molecular formula is C17H22O3. The molecule has 0 spiro atoms. The van der Waals surface area contributed by atoms with Crippen LogP contribution in [0.15, 0.2) is 24.3 Å². The zero-order valence-corrected chi connectivity index (χ0v) is 12.0. The summed E-state index contributed by atoms with van der Waals surface area (Å²) >= 11 is 0. The van der Waals surface area contributed by atoms with Crippen LogP contribution in [0.25, 0.3) is 0 Å². The Balaban J connectivity index is 1.67. The van der Waals surface area contributed by atoms with Gasteiger partial charge in [-0.1, -0.05) is 38.3 Å². The highest BCUT2D eigenvalue weighted by atomic mass is 16.6. The molecule has 3 nitrogen and oxygen atoms in total. The fraction of sp³-hybridized carbons (Fsp3) is 0.588. The Kier molecular flexibility index (Phi) is 3.95. The van der Waals surface area contributed by atoms with Gasteiger partial charge >= 0.3 is 0 Å². The van der Waals surface area contributed by atoms with Crippen LogP contribution in [0.2, 0.25) is 0 Å². The molecule has 1 aromatic carbocycles. The van der Waals surface area contributed by atoms with Crippen molar-refractivity contribution in [3.63, 3.8) is 0 Å². The van der Waals surface area contributed by atoms with Gasteiger partial charge in [-0.15, -0.1) is 0 Å². The summed E-state index contributed by atoms with van der Waals surface area (Å²) in [5.74, 6) is 2.53. The lowest BCUT2D eigenvalue weighted by Crippen LogP contribution is -2.41. The standard InChI is InChI=1S/C17H22O3/c1-2-12-6-5-7-13(10-12)17(18)16-11-19-14-8-3-4-9-15(14)20-16/h3-4,8-9,12-13,16H,2,5-7,10-11H2,1H3. The largest absolute Gasteiger partial charge is 0.485 e. The third-order valence-corrected chi connectivity index (χ3v) is 4.59. The average Bonchev–Trinajstić information content (AvgIpc) is 2.53. The molecule has 20 heavy (non-hydrogen) atoms. The van der Waals surface area contributed by atoms with E-state index in [4.69, 9.17) is 9.47 Å². The molecular weight excluding hydrogens is 252 g/mol. The highest BCUT2D eigenvalue weighted by Gasteiger charge is 2.34. The molecule has 0 amide bonds. The van der Waals surface area contributed by atoms with Gasteiger partial charge in [0, 0.05) is 5.92 Å².